The van der Waals surface area contributed by atoms with Crippen molar-refractivity contribution in [3.05, 3.63) is 63.8 Å². The molecule has 1 saturated carbocycles. The number of hydrogen-bond donors (Lipinski definition) is 1. The zero-order chi connectivity index (χ0) is 23.7. The highest BCUT2D eigenvalue weighted by atomic mass is 35.5. The molecule has 5 rings (SSSR count). The molecule has 1 heterocycles. The number of carboxylic acid groups (broad SMARTS) is 1. The molecule has 3 aromatic rings. The van der Waals surface area contributed by atoms with Gasteiger partial charge in [0.2, 0.25) is 0 Å². The number of aliphatic carboxylic acids is 1. The summed E-state index contributed by atoms with van der Waals surface area (Å²) in [5.41, 5.74) is 4.18. The molecule has 2 aliphatic carbocycles. The maximum atomic E-state index is 12.7. The van der Waals surface area contributed by atoms with Gasteiger partial charge in [-0.05, 0) is 67.5 Å². The molecule has 0 radical (unpaired) electrons. The molecule has 1 fully saturated rings. The van der Waals surface area contributed by atoms with E-state index in [0.717, 1.165) is 46.8 Å². The van der Waals surface area contributed by atoms with Crippen molar-refractivity contribution < 1.29 is 23.1 Å². The summed E-state index contributed by atoms with van der Waals surface area (Å²) < 4.78 is 26.9. The Balaban J connectivity index is 1.77. The van der Waals surface area contributed by atoms with E-state index in [9.17, 15) is 23.1 Å². The van der Waals surface area contributed by atoms with Crippen molar-refractivity contribution >= 4 is 44.1 Å². The lowest BCUT2D eigenvalue weighted by Crippen LogP contribution is -2.12. The second-order valence-corrected chi connectivity index (χ2v) is 11.7. The van der Waals surface area contributed by atoms with Crippen molar-refractivity contribution in [2.24, 2.45) is 11.8 Å². The van der Waals surface area contributed by atoms with Crippen LogP contribution in [0.2, 0.25) is 5.02 Å². The SMILES string of the molecule is CC(=O)c1cc(S(C)(=O)=O)cc2c3c(n(Cc4ccc(Cl)cc4)c12)C(C1CC1C(=O)O)CC3. The number of carboxylic acids is 1. The Morgan fingerprint density at radius 3 is 2.45 bits per heavy atom. The standard InChI is InChI=1S/C25H24ClNO5S/c1-13(28)19-9-16(33(2,31)32)10-21-18-8-7-17(20-11-22(20)25(29)30)23(18)27(24(19)21)12-14-3-5-15(26)6-4-14/h3-6,9-10,17,20,22H,7-8,11-12H2,1-2H3,(H,29,30). The van der Waals surface area contributed by atoms with E-state index in [1.165, 1.54) is 13.0 Å². The van der Waals surface area contributed by atoms with E-state index in [4.69, 9.17) is 11.6 Å². The fraction of sp³-hybridized carbons (Fsp3) is 0.360. The molecule has 3 atom stereocenters. The number of halogens is 1. The van der Waals surface area contributed by atoms with E-state index in [1.54, 1.807) is 6.07 Å². The highest BCUT2D eigenvalue weighted by molar-refractivity contribution is 7.90. The van der Waals surface area contributed by atoms with Gasteiger partial charge in [-0.25, -0.2) is 8.42 Å². The molecule has 1 aromatic heterocycles. The number of carbonyl (C=O) groups is 2. The van der Waals surface area contributed by atoms with Crippen LogP contribution in [0.5, 0.6) is 0 Å². The van der Waals surface area contributed by atoms with Crippen LogP contribution >= 0.6 is 11.6 Å². The van der Waals surface area contributed by atoms with Gasteiger partial charge in [-0.2, -0.15) is 0 Å². The molecule has 8 heteroatoms. The first-order valence-electron chi connectivity index (χ1n) is 10.9. The zero-order valence-electron chi connectivity index (χ0n) is 18.3. The van der Waals surface area contributed by atoms with Crippen LogP contribution < -0.4 is 0 Å². The molecule has 33 heavy (non-hydrogen) atoms. The Kier molecular flexibility index (Phi) is 5.18. The molecule has 3 unspecified atom stereocenters. The Morgan fingerprint density at radius 1 is 1.18 bits per heavy atom. The maximum Gasteiger partial charge on any atom is 0.306 e. The molecule has 0 aliphatic heterocycles. The molecular formula is C25H24ClNO5S. The summed E-state index contributed by atoms with van der Waals surface area (Å²) in [4.78, 5) is 24.4. The summed E-state index contributed by atoms with van der Waals surface area (Å²) in [5.74, 6) is -1.18. The molecule has 0 saturated heterocycles. The number of sulfone groups is 1. The van der Waals surface area contributed by atoms with Gasteiger partial charge in [0.15, 0.2) is 15.6 Å². The number of ketones is 1. The van der Waals surface area contributed by atoms with Crippen LogP contribution in [0.4, 0.5) is 0 Å². The van der Waals surface area contributed by atoms with Crippen molar-refractivity contribution in [1.29, 1.82) is 0 Å². The van der Waals surface area contributed by atoms with Crippen molar-refractivity contribution in [2.75, 3.05) is 6.26 Å². The van der Waals surface area contributed by atoms with Crippen LogP contribution in [0.3, 0.4) is 0 Å². The Morgan fingerprint density at radius 2 is 1.88 bits per heavy atom. The second kappa shape index (κ2) is 7.71. The molecule has 0 amide bonds. The van der Waals surface area contributed by atoms with Crippen LogP contribution in [0.15, 0.2) is 41.3 Å². The monoisotopic (exact) mass is 485 g/mol. The number of nitrogens with zero attached hydrogens (tertiary/aromatic N) is 1. The molecule has 2 aliphatic rings. The van der Waals surface area contributed by atoms with Gasteiger partial charge in [-0.1, -0.05) is 23.7 Å². The number of fused-ring (bicyclic) bond motifs is 3. The number of hydrogen-bond acceptors (Lipinski definition) is 4. The fourth-order valence-corrected chi connectivity index (χ4v) is 6.24. The molecule has 1 N–H and O–H groups in total. The smallest absolute Gasteiger partial charge is 0.306 e. The minimum atomic E-state index is -3.51. The average Bonchev–Trinajstić information content (AvgIpc) is 3.34. The molecule has 0 bridgehead atoms. The van der Waals surface area contributed by atoms with E-state index >= 15 is 0 Å². The third kappa shape index (κ3) is 3.77. The first-order chi connectivity index (χ1) is 15.6. The first-order valence-corrected chi connectivity index (χ1v) is 13.2. The van der Waals surface area contributed by atoms with Crippen LogP contribution in [-0.2, 0) is 27.6 Å². The minimum Gasteiger partial charge on any atom is -0.481 e. The Hall–Kier alpha value is -2.64. The maximum absolute atomic E-state index is 12.7. The van der Waals surface area contributed by atoms with Crippen LogP contribution in [0, 0.1) is 11.8 Å². The normalized spacial score (nSPS) is 21.8. The second-order valence-electron chi connectivity index (χ2n) is 9.26. The highest BCUT2D eigenvalue weighted by Crippen LogP contribution is 2.55. The van der Waals surface area contributed by atoms with Gasteiger partial charge in [0.05, 0.1) is 16.3 Å². The number of aryl methyl sites for hydroxylation is 1. The summed E-state index contributed by atoms with van der Waals surface area (Å²) >= 11 is 6.06. The summed E-state index contributed by atoms with van der Waals surface area (Å²) in [6.07, 6.45) is 3.36. The van der Waals surface area contributed by atoms with Crippen LogP contribution in [0.25, 0.3) is 10.9 Å². The summed E-state index contributed by atoms with van der Waals surface area (Å²) in [5, 5.41) is 10.9. The van der Waals surface area contributed by atoms with Gasteiger partial charge in [-0.3, -0.25) is 9.59 Å². The van der Waals surface area contributed by atoms with Crippen molar-refractivity contribution in [3.8, 4) is 0 Å². The number of Topliss-reactive ketones (excluding diaryl/α,β-unsaturated/α-hetero) is 1. The number of benzene rings is 2. The zero-order valence-corrected chi connectivity index (χ0v) is 19.9. The minimum absolute atomic E-state index is 0.0622. The van der Waals surface area contributed by atoms with Gasteiger partial charge in [0, 0.05) is 40.4 Å². The predicted octanol–water partition coefficient (Wildman–Crippen LogP) is 4.70. The lowest BCUT2D eigenvalue weighted by atomic mass is 9.99. The number of aromatic nitrogens is 1. The van der Waals surface area contributed by atoms with Gasteiger partial charge >= 0.3 is 5.97 Å². The fourth-order valence-electron chi connectivity index (χ4n) is 5.45. The Labute approximate surface area is 197 Å². The van der Waals surface area contributed by atoms with Crippen molar-refractivity contribution in [1.82, 2.24) is 4.57 Å². The highest BCUT2D eigenvalue weighted by Gasteiger charge is 2.51. The third-order valence-electron chi connectivity index (χ3n) is 7.07. The molecular weight excluding hydrogens is 462 g/mol. The lowest BCUT2D eigenvalue weighted by Gasteiger charge is -2.18. The van der Waals surface area contributed by atoms with Gasteiger partial charge in [0.1, 0.15) is 0 Å². The Bertz CT molecular complexity index is 1420. The summed E-state index contributed by atoms with van der Waals surface area (Å²) in [7, 11) is -3.51. The van der Waals surface area contributed by atoms with E-state index in [1.807, 2.05) is 24.3 Å². The quantitative estimate of drug-likeness (QED) is 0.511. The van der Waals surface area contributed by atoms with E-state index < -0.39 is 15.8 Å². The summed E-state index contributed by atoms with van der Waals surface area (Å²) in [6.45, 7) is 1.94. The third-order valence-corrected chi connectivity index (χ3v) is 8.41. The van der Waals surface area contributed by atoms with Crippen molar-refractivity contribution in [2.45, 2.75) is 43.5 Å². The lowest BCUT2D eigenvalue weighted by molar-refractivity contribution is -0.138. The van der Waals surface area contributed by atoms with Gasteiger partial charge in [-0.15, -0.1) is 0 Å². The number of rotatable bonds is 6. The molecule has 172 valence electrons. The van der Waals surface area contributed by atoms with Crippen LogP contribution in [-0.4, -0.2) is 36.1 Å². The van der Waals surface area contributed by atoms with E-state index in [2.05, 4.69) is 4.57 Å². The van der Waals surface area contributed by atoms with Gasteiger partial charge in [0.25, 0.3) is 0 Å². The first kappa shape index (κ1) is 22.2. The van der Waals surface area contributed by atoms with Gasteiger partial charge < -0.3 is 9.67 Å². The molecule has 6 nitrogen and oxygen atoms in total. The molecule has 2 aromatic carbocycles. The topological polar surface area (TPSA) is 93.4 Å². The largest absolute Gasteiger partial charge is 0.481 e. The molecule has 0 spiro atoms. The predicted molar refractivity (Wildman–Crippen MR) is 126 cm³/mol. The summed E-state index contributed by atoms with van der Waals surface area (Å²) in [6, 6.07) is 10.6. The van der Waals surface area contributed by atoms with E-state index in [0.29, 0.717) is 23.6 Å². The van der Waals surface area contributed by atoms with Crippen LogP contribution in [0.1, 0.15) is 52.9 Å². The van der Waals surface area contributed by atoms with E-state index in [-0.39, 0.29) is 28.4 Å². The average molecular weight is 486 g/mol. The van der Waals surface area contributed by atoms with Crippen molar-refractivity contribution in [3.63, 3.8) is 0 Å². The number of carbonyl (C=O) groups excluding carboxylic acids is 1.